The summed E-state index contributed by atoms with van der Waals surface area (Å²) in [5.41, 5.74) is 7.48. The molecule has 0 aliphatic rings. The fourth-order valence-electron chi connectivity index (χ4n) is 1.62. The minimum absolute atomic E-state index is 0.0828. The van der Waals surface area contributed by atoms with Crippen molar-refractivity contribution in [1.29, 1.82) is 0 Å². The SMILES string of the molecule is CC(N)Cc1cnc(-c2ccc(F)c(Br)c2)nc1. The van der Waals surface area contributed by atoms with Crippen molar-refractivity contribution in [3.63, 3.8) is 0 Å². The molecular weight excluding hydrogens is 297 g/mol. The van der Waals surface area contributed by atoms with Gasteiger partial charge < -0.3 is 5.73 Å². The van der Waals surface area contributed by atoms with E-state index in [0.29, 0.717) is 10.3 Å². The molecule has 0 spiro atoms. The molecular formula is C13H13BrFN3. The highest BCUT2D eigenvalue weighted by atomic mass is 79.9. The van der Waals surface area contributed by atoms with E-state index in [1.807, 2.05) is 6.92 Å². The van der Waals surface area contributed by atoms with Crippen molar-refractivity contribution >= 4 is 15.9 Å². The predicted molar refractivity (Wildman–Crippen MR) is 72.5 cm³/mol. The van der Waals surface area contributed by atoms with Gasteiger partial charge in [-0.1, -0.05) is 0 Å². The Labute approximate surface area is 113 Å². The highest BCUT2D eigenvalue weighted by molar-refractivity contribution is 9.10. The third kappa shape index (κ3) is 3.11. The summed E-state index contributed by atoms with van der Waals surface area (Å²) >= 11 is 3.14. The van der Waals surface area contributed by atoms with Gasteiger partial charge in [-0.05, 0) is 53.0 Å². The summed E-state index contributed by atoms with van der Waals surface area (Å²) in [6.45, 7) is 1.94. The number of aromatic nitrogens is 2. The molecule has 0 aliphatic heterocycles. The summed E-state index contributed by atoms with van der Waals surface area (Å²) in [6, 6.07) is 4.79. The van der Waals surface area contributed by atoms with Crippen LogP contribution < -0.4 is 5.73 Å². The highest BCUT2D eigenvalue weighted by Gasteiger charge is 2.06. The van der Waals surface area contributed by atoms with Crippen LogP contribution in [0.5, 0.6) is 0 Å². The van der Waals surface area contributed by atoms with Crippen molar-refractivity contribution in [2.24, 2.45) is 5.73 Å². The van der Waals surface area contributed by atoms with E-state index in [9.17, 15) is 4.39 Å². The van der Waals surface area contributed by atoms with E-state index in [-0.39, 0.29) is 11.9 Å². The molecule has 1 unspecified atom stereocenters. The molecule has 0 aliphatic carbocycles. The maximum atomic E-state index is 13.1. The Morgan fingerprint density at radius 2 is 2.00 bits per heavy atom. The zero-order valence-corrected chi connectivity index (χ0v) is 11.5. The van der Waals surface area contributed by atoms with E-state index in [2.05, 4.69) is 25.9 Å². The van der Waals surface area contributed by atoms with Gasteiger partial charge in [0.25, 0.3) is 0 Å². The molecule has 1 aromatic carbocycles. The lowest BCUT2D eigenvalue weighted by Crippen LogP contribution is -2.18. The van der Waals surface area contributed by atoms with E-state index in [4.69, 9.17) is 5.73 Å². The third-order valence-corrected chi connectivity index (χ3v) is 3.05. The Morgan fingerprint density at radius 3 is 2.56 bits per heavy atom. The van der Waals surface area contributed by atoms with Gasteiger partial charge >= 0.3 is 0 Å². The van der Waals surface area contributed by atoms with Gasteiger partial charge in [-0.15, -0.1) is 0 Å². The number of benzene rings is 1. The third-order valence-electron chi connectivity index (χ3n) is 2.44. The van der Waals surface area contributed by atoms with Crippen LogP contribution in [0.1, 0.15) is 12.5 Å². The van der Waals surface area contributed by atoms with Crippen LogP contribution in [0, 0.1) is 5.82 Å². The van der Waals surface area contributed by atoms with Gasteiger partial charge in [-0.2, -0.15) is 0 Å². The second-order valence-corrected chi connectivity index (χ2v) is 5.08. The Balaban J connectivity index is 2.25. The van der Waals surface area contributed by atoms with Crippen LogP contribution in [0.15, 0.2) is 35.1 Å². The molecule has 18 heavy (non-hydrogen) atoms. The first-order chi connectivity index (χ1) is 8.56. The van der Waals surface area contributed by atoms with E-state index in [1.54, 1.807) is 24.5 Å². The van der Waals surface area contributed by atoms with Crippen molar-refractivity contribution < 1.29 is 4.39 Å². The van der Waals surface area contributed by atoms with Crippen LogP contribution in [0.3, 0.4) is 0 Å². The molecule has 1 aromatic heterocycles. The second-order valence-electron chi connectivity index (χ2n) is 4.23. The molecule has 0 saturated heterocycles. The van der Waals surface area contributed by atoms with Gasteiger partial charge in [0.15, 0.2) is 5.82 Å². The van der Waals surface area contributed by atoms with E-state index in [1.165, 1.54) is 6.07 Å². The van der Waals surface area contributed by atoms with Crippen LogP contribution in [-0.4, -0.2) is 16.0 Å². The summed E-state index contributed by atoms with van der Waals surface area (Å²) < 4.78 is 13.5. The largest absolute Gasteiger partial charge is 0.328 e. The lowest BCUT2D eigenvalue weighted by Gasteiger charge is -2.05. The van der Waals surface area contributed by atoms with E-state index in [0.717, 1.165) is 17.5 Å². The van der Waals surface area contributed by atoms with E-state index < -0.39 is 0 Å². The highest BCUT2D eigenvalue weighted by Crippen LogP contribution is 2.22. The Bertz CT molecular complexity index is 540. The van der Waals surface area contributed by atoms with Crippen LogP contribution in [0.2, 0.25) is 0 Å². The van der Waals surface area contributed by atoms with Gasteiger partial charge in [-0.25, -0.2) is 14.4 Å². The molecule has 0 amide bonds. The average molecular weight is 310 g/mol. The van der Waals surface area contributed by atoms with E-state index >= 15 is 0 Å². The molecule has 0 saturated carbocycles. The normalized spacial score (nSPS) is 12.4. The summed E-state index contributed by atoms with van der Waals surface area (Å²) in [7, 11) is 0. The summed E-state index contributed by atoms with van der Waals surface area (Å²) in [4.78, 5) is 8.53. The summed E-state index contributed by atoms with van der Waals surface area (Å²) in [5, 5.41) is 0. The molecule has 0 fully saturated rings. The first-order valence-corrected chi connectivity index (χ1v) is 6.37. The number of hydrogen-bond donors (Lipinski definition) is 1. The first-order valence-electron chi connectivity index (χ1n) is 5.58. The minimum Gasteiger partial charge on any atom is -0.328 e. The van der Waals surface area contributed by atoms with Gasteiger partial charge in [0.2, 0.25) is 0 Å². The lowest BCUT2D eigenvalue weighted by atomic mass is 10.1. The van der Waals surface area contributed by atoms with Crippen LogP contribution in [0.4, 0.5) is 4.39 Å². The molecule has 2 N–H and O–H groups in total. The zero-order chi connectivity index (χ0) is 13.1. The Hall–Kier alpha value is -1.33. The predicted octanol–water partition coefficient (Wildman–Crippen LogP) is 2.93. The zero-order valence-electron chi connectivity index (χ0n) is 9.90. The van der Waals surface area contributed by atoms with Crippen LogP contribution in [-0.2, 0) is 6.42 Å². The second kappa shape index (κ2) is 5.54. The standard InChI is InChI=1S/C13H13BrFN3/c1-8(16)4-9-6-17-13(18-7-9)10-2-3-12(15)11(14)5-10/h2-3,5-8H,4,16H2,1H3. The topological polar surface area (TPSA) is 51.8 Å². The van der Waals surface area contributed by atoms with Crippen LogP contribution >= 0.6 is 15.9 Å². The van der Waals surface area contributed by atoms with Crippen molar-refractivity contribution in [1.82, 2.24) is 9.97 Å². The Kier molecular flexibility index (Phi) is 4.04. The Morgan fingerprint density at radius 1 is 1.33 bits per heavy atom. The number of halogens is 2. The number of nitrogens with zero attached hydrogens (tertiary/aromatic N) is 2. The maximum Gasteiger partial charge on any atom is 0.159 e. The number of rotatable bonds is 3. The maximum absolute atomic E-state index is 13.1. The molecule has 0 bridgehead atoms. The van der Waals surface area contributed by atoms with Gasteiger partial charge in [0, 0.05) is 24.0 Å². The monoisotopic (exact) mass is 309 g/mol. The number of hydrogen-bond acceptors (Lipinski definition) is 3. The van der Waals surface area contributed by atoms with Crippen LogP contribution in [0.25, 0.3) is 11.4 Å². The molecule has 2 aromatic rings. The van der Waals surface area contributed by atoms with Crippen molar-refractivity contribution in [2.75, 3.05) is 0 Å². The molecule has 1 heterocycles. The van der Waals surface area contributed by atoms with Crippen molar-refractivity contribution in [3.8, 4) is 11.4 Å². The van der Waals surface area contributed by atoms with Gasteiger partial charge in [-0.3, -0.25) is 0 Å². The quantitative estimate of drug-likeness (QED) is 0.948. The smallest absolute Gasteiger partial charge is 0.159 e. The fourth-order valence-corrected chi connectivity index (χ4v) is 2.00. The van der Waals surface area contributed by atoms with Gasteiger partial charge in [0.1, 0.15) is 5.82 Å². The lowest BCUT2D eigenvalue weighted by molar-refractivity contribution is 0.621. The molecule has 0 radical (unpaired) electrons. The van der Waals surface area contributed by atoms with Gasteiger partial charge in [0.05, 0.1) is 4.47 Å². The fraction of sp³-hybridized carbons (Fsp3) is 0.231. The molecule has 2 rings (SSSR count). The molecule has 3 nitrogen and oxygen atoms in total. The summed E-state index contributed by atoms with van der Waals surface area (Å²) in [6.07, 6.45) is 4.25. The molecule has 5 heteroatoms. The molecule has 1 atom stereocenters. The average Bonchev–Trinajstić information content (AvgIpc) is 2.33. The first kappa shape index (κ1) is 13.1. The van der Waals surface area contributed by atoms with Crippen molar-refractivity contribution in [3.05, 3.63) is 46.4 Å². The minimum atomic E-state index is -0.299. The molecule has 94 valence electrons. The summed E-state index contributed by atoms with van der Waals surface area (Å²) in [5.74, 6) is 0.274. The number of nitrogens with two attached hydrogens (primary N) is 1. The van der Waals surface area contributed by atoms with Crippen molar-refractivity contribution in [2.45, 2.75) is 19.4 Å².